The van der Waals surface area contributed by atoms with E-state index in [0.717, 1.165) is 30.5 Å². The van der Waals surface area contributed by atoms with Gasteiger partial charge in [0, 0.05) is 18.6 Å². The molecule has 0 saturated carbocycles. The Kier molecular flexibility index (Phi) is 6.31. The van der Waals surface area contributed by atoms with Crippen molar-refractivity contribution in [3.05, 3.63) is 0 Å². The number of nitrogens with one attached hydrogen (secondary N) is 1. The molecule has 3 nitrogen and oxygen atoms in total. The molecule has 3 atom stereocenters. The predicted molar refractivity (Wildman–Crippen MR) is 87.1 cm³/mol. The van der Waals surface area contributed by atoms with E-state index in [1.807, 2.05) is 0 Å². The minimum atomic E-state index is 0.739. The first-order valence-corrected chi connectivity index (χ1v) is 8.73. The highest BCUT2D eigenvalue weighted by molar-refractivity contribution is 4.90. The van der Waals surface area contributed by atoms with Crippen LogP contribution in [0.1, 0.15) is 46.5 Å². The van der Waals surface area contributed by atoms with E-state index in [9.17, 15) is 0 Å². The zero-order chi connectivity index (χ0) is 14.5. The van der Waals surface area contributed by atoms with Crippen LogP contribution >= 0.6 is 0 Å². The maximum atomic E-state index is 3.58. The van der Waals surface area contributed by atoms with Gasteiger partial charge in [0.15, 0.2) is 0 Å². The number of likely N-dealkylation sites (tertiary alicyclic amines) is 2. The van der Waals surface area contributed by atoms with Crippen LogP contribution in [-0.2, 0) is 0 Å². The quantitative estimate of drug-likeness (QED) is 0.754. The summed E-state index contributed by atoms with van der Waals surface area (Å²) in [6.45, 7) is 13.3. The topological polar surface area (TPSA) is 18.5 Å². The molecule has 1 N–H and O–H groups in total. The van der Waals surface area contributed by atoms with E-state index in [1.165, 1.54) is 51.9 Å². The lowest BCUT2D eigenvalue weighted by Crippen LogP contribution is -2.54. The van der Waals surface area contributed by atoms with Gasteiger partial charge in [0.1, 0.15) is 0 Å². The number of hydrogen-bond donors (Lipinski definition) is 1. The Morgan fingerprint density at radius 2 is 1.95 bits per heavy atom. The highest BCUT2D eigenvalue weighted by Crippen LogP contribution is 2.30. The van der Waals surface area contributed by atoms with Crippen LogP contribution in [0.3, 0.4) is 0 Å². The van der Waals surface area contributed by atoms with Gasteiger partial charge in [-0.15, -0.1) is 0 Å². The smallest absolute Gasteiger partial charge is 0.0145 e. The second-order valence-electron chi connectivity index (χ2n) is 7.47. The van der Waals surface area contributed by atoms with E-state index < -0.39 is 0 Å². The van der Waals surface area contributed by atoms with E-state index >= 15 is 0 Å². The molecule has 0 radical (unpaired) electrons. The van der Waals surface area contributed by atoms with E-state index in [4.69, 9.17) is 0 Å². The molecule has 2 heterocycles. The van der Waals surface area contributed by atoms with Crippen molar-refractivity contribution in [3.63, 3.8) is 0 Å². The molecule has 3 heteroatoms. The van der Waals surface area contributed by atoms with Crippen molar-refractivity contribution < 1.29 is 0 Å². The minimum absolute atomic E-state index is 0.739. The molecule has 0 aromatic carbocycles. The molecule has 0 spiro atoms. The van der Waals surface area contributed by atoms with Crippen molar-refractivity contribution >= 4 is 0 Å². The van der Waals surface area contributed by atoms with Crippen LogP contribution in [0.5, 0.6) is 0 Å². The van der Waals surface area contributed by atoms with E-state index in [0.29, 0.717) is 0 Å². The molecular weight excluding hydrogens is 246 g/mol. The van der Waals surface area contributed by atoms with E-state index in [2.05, 4.69) is 42.9 Å². The van der Waals surface area contributed by atoms with Crippen molar-refractivity contribution in [2.24, 2.45) is 11.8 Å². The summed E-state index contributed by atoms with van der Waals surface area (Å²) in [6, 6.07) is 1.61. The average molecular weight is 281 g/mol. The van der Waals surface area contributed by atoms with Crippen LogP contribution in [0.4, 0.5) is 0 Å². The summed E-state index contributed by atoms with van der Waals surface area (Å²) in [5, 5.41) is 3.58. The lowest BCUT2D eigenvalue weighted by Gasteiger charge is -2.47. The molecular formula is C17H35N3. The maximum absolute atomic E-state index is 3.58. The molecule has 3 unspecified atom stereocenters. The Balaban J connectivity index is 1.71. The third-order valence-corrected chi connectivity index (χ3v) is 5.29. The number of nitrogens with zero attached hydrogens (tertiary/aromatic N) is 2. The second-order valence-corrected chi connectivity index (χ2v) is 7.47. The van der Waals surface area contributed by atoms with Crippen molar-refractivity contribution in [1.29, 1.82) is 0 Å². The largest absolute Gasteiger partial charge is 0.316 e. The van der Waals surface area contributed by atoms with Gasteiger partial charge in [-0.2, -0.15) is 0 Å². The lowest BCUT2D eigenvalue weighted by atomic mass is 9.83. The van der Waals surface area contributed by atoms with Gasteiger partial charge >= 0.3 is 0 Å². The molecule has 2 aliphatic rings. The van der Waals surface area contributed by atoms with E-state index in [1.54, 1.807) is 0 Å². The fourth-order valence-electron chi connectivity index (χ4n) is 3.97. The predicted octanol–water partition coefficient (Wildman–Crippen LogP) is 2.43. The summed E-state index contributed by atoms with van der Waals surface area (Å²) in [7, 11) is 2.33. The Labute approximate surface area is 126 Å². The molecule has 2 fully saturated rings. The summed E-state index contributed by atoms with van der Waals surface area (Å²) in [5.74, 6) is 1.69. The molecule has 0 aliphatic carbocycles. The highest BCUT2D eigenvalue weighted by atomic mass is 15.2. The summed E-state index contributed by atoms with van der Waals surface area (Å²) in [4.78, 5) is 5.36. The third kappa shape index (κ3) is 4.44. The summed E-state index contributed by atoms with van der Waals surface area (Å²) >= 11 is 0. The Hall–Kier alpha value is -0.120. The third-order valence-electron chi connectivity index (χ3n) is 5.29. The summed E-state index contributed by atoms with van der Waals surface area (Å²) in [5.41, 5.74) is 0. The Bertz CT molecular complexity index is 279. The fraction of sp³-hybridized carbons (Fsp3) is 1.00. The number of rotatable bonds is 6. The van der Waals surface area contributed by atoms with Crippen LogP contribution in [0, 0.1) is 11.8 Å². The maximum Gasteiger partial charge on any atom is 0.0145 e. The van der Waals surface area contributed by atoms with Crippen LogP contribution in [-0.4, -0.2) is 61.7 Å². The normalized spacial score (nSPS) is 30.4. The molecule has 0 aromatic rings. The molecule has 0 bridgehead atoms. The van der Waals surface area contributed by atoms with Gasteiger partial charge in [-0.25, -0.2) is 0 Å². The van der Waals surface area contributed by atoms with Gasteiger partial charge in [0.2, 0.25) is 0 Å². The molecule has 118 valence electrons. The van der Waals surface area contributed by atoms with Crippen molar-refractivity contribution in [3.8, 4) is 0 Å². The number of hydrogen-bond acceptors (Lipinski definition) is 3. The minimum Gasteiger partial charge on any atom is -0.316 e. The van der Waals surface area contributed by atoms with E-state index in [-0.39, 0.29) is 0 Å². The van der Waals surface area contributed by atoms with Crippen molar-refractivity contribution in [2.75, 3.05) is 39.8 Å². The first-order valence-electron chi connectivity index (χ1n) is 8.73. The number of fused-ring (bicyclic) bond motifs is 1. The van der Waals surface area contributed by atoms with Gasteiger partial charge in [-0.1, -0.05) is 13.8 Å². The van der Waals surface area contributed by atoms with Gasteiger partial charge in [0.25, 0.3) is 0 Å². The molecule has 20 heavy (non-hydrogen) atoms. The average Bonchev–Trinajstić information content (AvgIpc) is 2.43. The molecule has 0 aromatic heterocycles. The monoisotopic (exact) mass is 281 g/mol. The summed E-state index contributed by atoms with van der Waals surface area (Å²) in [6.07, 6.45) is 5.52. The molecule has 0 amide bonds. The van der Waals surface area contributed by atoms with Crippen LogP contribution < -0.4 is 5.32 Å². The Morgan fingerprint density at radius 3 is 2.70 bits per heavy atom. The SMILES string of the molecule is CC(C)CNCCC(C)N1CCC2C(CCCN2C)C1. The fourth-order valence-corrected chi connectivity index (χ4v) is 3.97. The molecule has 2 saturated heterocycles. The Morgan fingerprint density at radius 1 is 1.15 bits per heavy atom. The van der Waals surface area contributed by atoms with Gasteiger partial charge < -0.3 is 15.1 Å². The van der Waals surface area contributed by atoms with Crippen LogP contribution in [0.25, 0.3) is 0 Å². The molecule has 2 rings (SSSR count). The summed E-state index contributed by atoms with van der Waals surface area (Å²) < 4.78 is 0. The van der Waals surface area contributed by atoms with Gasteiger partial charge in [0.05, 0.1) is 0 Å². The first-order chi connectivity index (χ1) is 9.58. The van der Waals surface area contributed by atoms with Crippen LogP contribution in [0.2, 0.25) is 0 Å². The molecule has 2 aliphatic heterocycles. The van der Waals surface area contributed by atoms with Gasteiger partial charge in [-0.3, -0.25) is 0 Å². The zero-order valence-corrected chi connectivity index (χ0v) is 14.1. The standard InChI is InChI=1S/C17H35N3/c1-14(2)12-18-9-7-15(3)20-11-8-17-16(13-20)6-5-10-19(17)4/h14-18H,5-13H2,1-4H3. The second kappa shape index (κ2) is 7.77. The van der Waals surface area contributed by atoms with Crippen molar-refractivity contribution in [2.45, 2.75) is 58.5 Å². The lowest BCUT2D eigenvalue weighted by molar-refractivity contribution is 0.0219. The van der Waals surface area contributed by atoms with Crippen molar-refractivity contribution in [1.82, 2.24) is 15.1 Å². The zero-order valence-electron chi connectivity index (χ0n) is 14.1. The number of piperidine rings is 2. The van der Waals surface area contributed by atoms with Crippen LogP contribution in [0.15, 0.2) is 0 Å². The van der Waals surface area contributed by atoms with Gasteiger partial charge in [-0.05, 0) is 77.7 Å². The first kappa shape index (κ1) is 16.3. The highest BCUT2D eigenvalue weighted by Gasteiger charge is 2.35.